The molecule has 0 heterocycles. The Balaban J connectivity index is 2.86. The first kappa shape index (κ1) is 14.5. The second-order valence-electron chi connectivity index (χ2n) is 3.88. The van der Waals surface area contributed by atoms with E-state index in [-0.39, 0.29) is 22.2 Å². The average molecular weight is 271 g/mol. The summed E-state index contributed by atoms with van der Waals surface area (Å²) in [5.74, 6) is -1.46. The number of benzene rings is 1. The van der Waals surface area contributed by atoms with Gasteiger partial charge >= 0.3 is 5.97 Å². The van der Waals surface area contributed by atoms with E-state index in [1.807, 2.05) is 6.92 Å². The summed E-state index contributed by atoms with van der Waals surface area (Å²) in [5.41, 5.74) is 5.96. The van der Waals surface area contributed by atoms with Crippen LogP contribution in [-0.4, -0.2) is 23.0 Å². The zero-order chi connectivity index (χ0) is 13.7. The number of carbonyl (C=O) groups excluding carboxylic acids is 1. The second-order valence-corrected chi connectivity index (χ2v) is 4.29. The number of amides is 1. The van der Waals surface area contributed by atoms with Crippen LogP contribution in [0.2, 0.25) is 5.02 Å². The van der Waals surface area contributed by atoms with Gasteiger partial charge in [0.1, 0.15) is 0 Å². The molecule has 0 bridgehead atoms. The van der Waals surface area contributed by atoms with Crippen molar-refractivity contribution in [2.24, 2.45) is 5.73 Å². The van der Waals surface area contributed by atoms with Crippen molar-refractivity contribution in [1.82, 2.24) is 0 Å². The van der Waals surface area contributed by atoms with Crippen LogP contribution in [0.1, 0.15) is 30.1 Å². The number of hydrogen-bond donors (Lipinski definition) is 3. The molecule has 1 atom stereocenters. The van der Waals surface area contributed by atoms with Crippen LogP contribution in [0.4, 0.5) is 5.69 Å². The number of nitrogens with one attached hydrogen (secondary N) is 1. The highest BCUT2D eigenvalue weighted by molar-refractivity contribution is 6.33. The van der Waals surface area contributed by atoms with Gasteiger partial charge in [-0.15, -0.1) is 0 Å². The summed E-state index contributed by atoms with van der Waals surface area (Å²) in [6.07, 6.45) is 1.35. The lowest BCUT2D eigenvalue weighted by molar-refractivity contribution is -0.117. The van der Waals surface area contributed by atoms with E-state index in [0.717, 1.165) is 6.42 Å². The molecule has 98 valence electrons. The van der Waals surface area contributed by atoms with Crippen LogP contribution < -0.4 is 11.1 Å². The van der Waals surface area contributed by atoms with Gasteiger partial charge in [-0.05, 0) is 24.6 Å². The number of carboxylic acid groups (broad SMARTS) is 1. The highest BCUT2D eigenvalue weighted by Crippen LogP contribution is 2.23. The van der Waals surface area contributed by atoms with Crippen molar-refractivity contribution in [2.45, 2.75) is 25.8 Å². The Morgan fingerprint density at radius 1 is 1.50 bits per heavy atom. The Kier molecular flexibility index (Phi) is 5.12. The van der Waals surface area contributed by atoms with Crippen LogP contribution in [0, 0.1) is 0 Å². The van der Waals surface area contributed by atoms with Crippen molar-refractivity contribution >= 4 is 29.2 Å². The number of carboxylic acids is 1. The molecule has 0 saturated carbocycles. The van der Waals surface area contributed by atoms with Gasteiger partial charge < -0.3 is 16.2 Å². The van der Waals surface area contributed by atoms with Gasteiger partial charge in [-0.3, -0.25) is 4.79 Å². The minimum atomic E-state index is -1.08. The number of anilines is 1. The van der Waals surface area contributed by atoms with Gasteiger partial charge in [0.05, 0.1) is 22.3 Å². The predicted octanol–water partition coefficient (Wildman–Crippen LogP) is 2.10. The Morgan fingerprint density at radius 2 is 2.17 bits per heavy atom. The number of halogens is 1. The Bertz CT molecular complexity index is 463. The molecule has 5 nitrogen and oxygen atoms in total. The van der Waals surface area contributed by atoms with E-state index in [4.69, 9.17) is 22.4 Å². The third-order valence-corrected chi connectivity index (χ3v) is 2.74. The predicted molar refractivity (Wildman–Crippen MR) is 69.9 cm³/mol. The van der Waals surface area contributed by atoms with Crippen LogP contribution in [0.25, 0.3) is 0 Å². The fourth-order valence-electron chi connectivity index (χ4n) is 1.42. The molecule has 0 aliphatic heterocycles. The molecule has 1 amide bonds. The van der Waals surface area contributed by atoms with Crippen molar-refractivity contribution in [1.29, 1.82) is 0 Å². The number of nitrogens with two attached hydrogens (primary N) is 1. The number of hydrogen-bond acceptors (Lipinski definition) is 3. The zero-order valence-electron chi connectivity index (χ0n) is 9.94. The highest BCUT2D eigenvalue weighted by atomic mass is 35.5. The van der Waals surface area contributed by atoms with Crippen LogP contribution in [0.15, 0.2) is 18.2 Å². The second kappa shape index (κ2) is 6.37. The van der Waals surface area contributed by atoms with Crippen molar-refractivity contribution < 1.29 is 14.7 Å². The molecule has 1 aromatic carbocycles. The van der Waals surface area contributed by atoms with Gasteiger partial charge in [0.25, 0.3) is 0 Å². The summed E-state index contributed by atoms with van der Waals surface area (Å²) in [5, 5.41) is 11.7. The van der Waals surface area contributed by atoms with Crippen LogP contribution in [0.3, 0.4) is 0 Å². The lowest BCUT2D eigenvalue weighted by Gasteiger charge is -2.12. The summed E-state index contributed by atoms with van der Waals surface area (Å²) in [7, 11) is 0. The van der Waals surface area contributed by atoms with Gasteiger partial charge in [0, 0.05) is 0 Å². The van der Waals surface area contributed by atoms with Crippen LogP contribution in [-0.2, 0) is 4.79 Å². The normalized spacial score (nSPS) is 11.9. The monoisotopic (exact) mass is 270 g/mol. The van der Waals surface area contributed by atoms with Gasteiger partial charge in [0.15, 0.2) is 0 Å². The Morgan fingerprint density at radius 3 is 2.72 bits per heavy atom. The maximum absolute atomic E-state index is 11.7. The first-order valence-corrected chi connectivity index (χ1v) is 5.92. The van der Waals surface area contributed by atoms with Gasteiger partial charge in [-0.2, -0.15) is 0 Å². The minimum Gasteiger partial charge on any atom is -0.478 e. The van der Waals surface area contributed by atoms with E-state index in [1.165, 1.54) is 18.2 Å². The van der Waals surface area contributed by atoms with E-state index in [0.29, 0.717) is 6.42 Å². The molecule has 0 aliphatic carbocycles. The summed E-state index contributed by atoms with van der Waals surface area (Å²) >= 11 is 5.88. The lowest BCUT2D eigenvalue weighted by atomic mass is 10.1. The van der Waals surface area contributed by atoms with Crippen LogP contribution in [0.5, 0.6) is 0 Å². The van der Waals surface area contributed by atoms with Crippen molar-refractivity contribution in [3.63, 3.8) is 0 Å². The molecule has 18 heavy (non-hydrogen) atoms. The Labute approximate surface area is 110 Å². The van der Waals surface area contributed by atoms with E-state index in [1.54, 1.807) is 0 Å². The smallest absolute Gasteiger partial charge is 0.335 e. The maximum Gasteiger partial charge on any atom is 0.335 e. The summed E-state index contributed by atoms with van der Waals surface area (Å²) in [4.78, 5) is 22.5. The zero-order valence-corrected chi connectivity index (χ0v) is 10.7. The molecule has 6 heteroatoms. The first-order valence-electron chi connectivity index (χ1n) is 5.55. The van der Waals surface area contributed by atoms with E-state index < -0.39 is 12.0 Å². The van der Waals surface area contributed by atoms with Crippen LogP contribution >= 0.6 is 11.6 Å². The molecule has 1 aromatic rings. The summed E-state index contributed by atoms with van der Waals surface area (Å²) in [6.45, 7) is 1.92. The van der Waals surface area contributed by atoms with E-state index >= 15 is 0 Å². The summed E-state index contributed by atoms with van der Waals surface area (Å²) < 4.78 is 0. The molecular formula is C12H15ClN2O3. The molecule has 0 aliphatic rings. The van der Waals surface area contributed by atoms with E-state index in [2.05, 4.69) is 5.32 Å². The maximum atomic E-state index is 11.7. The average Bonchev–Trinajstić information content (AvgIpc) is 2.31. The molecule has 0 spiro atoms. The van der Waals surface area contributed by atoms with Gasteiger partial charge in [-0.25, -0.2) is 4.79 Å². The third kappa shape index (κ3) is 3.72. The Hall–Kier alpha value is -1.59. The third-order valence-electron chi connectivity index (χ3n) is 2.41. The van der Waals surface area contributed by atoms with Crippen molar-refractivity contribution in [3.05, 3.63) is 28.8 Å². The number of carbonyl (C=O) groups is 2. The quantitative estimate of drug-likeness (QED) is 0.764. The van der Waals surface area contributed by atoms with Gasteiger partial charge in [0.2, 0.25) is 5.91 Å². The fraction of sp³-hybridized carbons (Fsp3) is 0.333. The highest BCUT2D eigenvalue weighted by Gasteiger charge is 2.15. The van der Waals surface area contributed by atoms with Crippen molar-refractivity contribution in [2.75, 3.05) is 5.32 Å². The number of aromatic carboxylic acids is 1. The van der Waals surface area contributed by atoms with Crippen molar-refractivity contribution in [3.8, 4) is 0 Å². The molecule has 0 fully saturated rings. The topological polar surface area (TPSA) is 92.4 Å². The largest absolute Gasteiger partial charge is 0.478 e. The fourth-order valence-corrected chi connectivity index (χ4v) is 1.59. The van der Waals surface area contributed by atoms with Gasteiger partial charge in [-0.1, -0.05) is 24.9 Å². The number of rotatable bonds is 5. The first-order chi connectivity index (χ1) is 8.45. The molecule has 4 N–H and O–H groups in total. The summed E-state index contributed by atoms with van der Waals surface area (Å²) in [6, 6.07) is 3.47. The molecule has 0 saturated heterocycles. The molecular weight excluding hydrogens is 256 g/mol. The molecule has 0 radical (unpaired) electrons. The molecule has 0 aromatic heterocycles. The minimum absolute atomic E-state index is 0.0544. The lowest BCUT2D eigenvalue weighted by Crippen LogP contribution is -2.35. The SMILES string of the molecule is CCC[C@@H](N)C(=O)Nc1cc(C(=O)O)ccc1Cl. The molecule has 0 unspecified atom stereocenters. The molecule has 1 rings (SSSR count). The van der Waals surface area contributed by atoms with E-state index in [9.17, 15) is 9.59 Å². The standard InChI is InChI=1S/C12H15ClN2O3/c1-2-3-9(14)11(16)15-10-6-7(12(17)18)4-5-8(10)13/h4-6,9H,2-3,14H2,1H3,(H,15,16)(H,17,18)/t9-/m1/s1.